The molecule has 3 rings (SSSR count). The van der Waals surface area contributed by atoms with Crippen LogP contribution in [-0.2, 0) is 11.8 Å². The van der Waals surface area contributed by atoms with Crippen molar-refractivity contribution >= 4 is 5.78 Å². The molecule has 2 heteroatoms. The predicted molar refractivity (Wildman–Crippen MR) is 66.1 cm³/mol. The molecule has 1 aliphatic rings. The van der Waals surface area contributed by atoms with Crippen molar-refractivity contribution in [3.05, 3.63) is 65.5 Å². The van der Waals surface area contributed by atoms with Crippen molar-refractivity contribution in [2.24, 2.45) is 0 Å². The molecule has 1 aromatic heterocycles. The van der Waals surface area contributed by atoms with Crippen molar-refractivity contribution in [1.82, 2.24) is 4.98 Å². The minimum Gasteiger partial charge on any atom is -0.293 e. The predicted octanol–water partition coefficient (Wildman–Crippen LogP) is 2.78. The molecule has 1 aliphatic carbocycles. The molecule has 0 fully saturated rings. The van der Waals surface area contributed by atoms with E-state index in [9.17, 15) is 4.79 Å². The van der Waals surface area contributed by atoms with Crippen LogP contribution < -0.4 is 0 Å². The molecular weight excluding hydrogens is 210 g/mol. The summed E-state index contributed by atoms with van der Waals surface area (Å²) in [6, 6.07) is 11.7. The number of carbonyl (C=O) groups excluding carboxylic acids is 1. The zero-order chi connectivity index (χ0) is 11.9. The Balaban J connectivity index is 2.12. The summed E-state index contributed by atoms with van der Waals surface area (Å²) in [5.74, 6) is 0.209. The van der Waals surface area contributed by atoms with Gasteiger partial charge in [-0.2, -0.15) is 0 Å². The van der Waals surface area contributed by atoms with Gasteiger partial charge in [-0.15, -0.1) is 0 Å². The maximum absolute atomic E-state index is 12.5. The molecular formula is C15H13NO. The topological polar surface area (TPSA) is 30.0 Å². The number of Topliss-reactive ketones (excluding diaryl/α,β-unsaturated/α-hetero) is 1. The number of fused-ring (bicyclic) bond motifs is 1. The molecule has 0 N–H and O–H groups in total. The number of ketones is 1. The maximum Gasteiger partial charge on any atom is 0.173 e. The van der Waals surface area contributed by atoms with Crippen LogP contribution in [0.4, 0.5) is 0 Å². The second-order valence-electron chi connectivity index (χ2n) is 4.74. The van der Waals surface area contributed by atoms with Crippen molar-refractivity contribution in [3.63, 3.8) is 0 Å². The van der Waals surface area contributed by atoms with Gasteiger partial charge in [0, 0.05) is 18.0 Å². The summed E-state index contributed by atoms with van der Waals surface area (Å²) in [6.45, 7) is 2.01. The van der Waals surface area contributed by atoms with E-state index in [0.717, 1.165) is 23.1 Å². The third kappa shape index (κ3) is 1.41. The van der Waals surface area contributed by atoms with Gasteiger partial charge in [0.05, 0.1) is 5.41 Å². The van der Waals surface area contributed by atoms with Crippen LogP contribution in [0.2, 0.25) is 0 Å². The molecule has 0 bridgehead atoms. The molecule has 0 saturated carbocycles. The van der Waals surface area contributed by atoms with E-state index in [4.69, 9.17) is 0 Å². The Morgan fingerprint density at radius 3 is 2.71 bits per heavy atom. The second kappa shape index (κ2) is 3.52. The Labute approximate surface area is 100 Å². The van der Waals surface area contributed by atoms with Gasteiger partial charge in [-0.1, -0.05) is 30.3 Å². The second-order valence-corrected chi connectivity index (χ2v) is 4.74. The van der Waals surface area contributed by atoms with E-state index in [0.29, 0.717) is 0 Å². The smallest absolute Gasteiger partial charge is 0.173 e. The molecule has 2 aromatic rings. The van der Waals surface area contributed by atoms with E-state index >= 15 is 0 Å². The summed E-state index contributed by atoms with van der Waals surface area (Å²) in [6.07, 6.45) is 4.30. The zero-order valence-corrected chi connectivity index (χ0v) is 9.68. The lowest BCUT2D eigenvalue weighted by atomic mass is 9.80. The highest BCUT2D eigenvalue weighted by Gasteiger charge is 2.42. The zero-order valence-electron chi connectivity index (χ0n) is 9.68. The monoisotopic (exact) mass is 223 g/mol. The Hall–Kier alpha value is -1.96. The van der Waals surface area contributed by atoms with Crippen LogP contribution in [0.3, 0.4) is 0 Å². The van der Waals surface area contributed by atoms with Crippen LogP contribution in [0, 0.1) is 0 Å². The summed E-state index contributed by atoms with van der Waals surface area (Å²) in [4.78, 5) is 16.6. The Kier molecular flexibility index (Phi) is 2.11. The minimum atomic E-state index is -0.446. The van der Waals surface area contributed by atoms with Crippen LogP contribution in [0.25, 0.3) is 0 Å². The summed E-state index contributed by atoms with van der Waals surface area (Å²) in [5.41, 5.74) is 2.56. The minimum absolute atomic E-state index is 0.209. The number of aromatic nitrogens is 1. The first-order valence-corrected chi connectivity index (χ1v) is 5.75. The number of pyridine rings is 1. The number of benzene rings is 1. The summed E-state index contributed by atoms with van der Waals surface area (Å²) >= 11 is 0. The average Bonchev–Trinajstić information content (AvgIpc) is 2.65. The van der Waals surface area contributed by atoms with E-state index < -0.39 is 5.41 Å². The van der Waals surface area contributed by atoms with Crippen molar-refractivity contribution in [1.29, 1.82) is 0 Å². The van der Waals surface area contributed by atoms with Crippen LogP contribution >= 0.6 is 0 Å². The van der Waals surface area contributed by atoms with Crippen LogP contribution in [0.1, 0.15) is 28.4 Å². The number of hydrogen-bond donors (Lipinski definition) is 0. The lowest BCUT2D eigenvalue weighted by molar-refractivity contribution is 0.0915. The van der Waals surface area contributed by atoms with Crippen LogP contribution in [0.5, 0.6) is 0 Å². The first-order valence-electron chi connectivity index (χ1n) is 5.75. The van der Waals surface area contributed by atoms with Gasteiger partial charge in [0.15, 0.2) is 5.78 Å². The molecule has 1 aromatic carbocycles. The fraction of sp³-hybridized carbons (Fsp3) is 0.200. The van der Waals surface area contributed by atoms with Gasteiger partial charge in [0.1, 0.15) is 0 Å². The van der Waals surface area contributed by atoms with Crippen LogP contribution in [-0.4, -0.2) is 10.8 Å². The standard InChI is InChI=1S/C15H13NO/c1-15(12-6-4-8-16-10-12)9-11-5-2-3-7-13(11)14(15)17/h2-8,10H,9H2,1H3/t15-/m1/s1. The third-order valence-corrected chi connectivity index (χ3v) is 3.61. The molecule has 0 saturated heterocycles. The van der Waals surface area contributed by atoms with E-state index in [1.807, 2.05) is 43.3 Å². The van der Waals surface area contributed by atoms with Gasteiger partial charge in [-0.25, -0.2) is 0 Å². The van der Waals surface area contributed by atoms with Gasteiger partial charge in [0.2, 0.25) is 0 Å². The van der Waals surface area contributed by atoms with E-state index in [1.165, 1.54) is 0 Å². The molecule has 1 atom stereocenters. The molecule has 1 heterocycles. The third-order valence-electron chi connectivity index (χ3n) is 3.61. The molecule has 0 aliphatic heterocycles. The van der Waals surface area contributed by atoms with Crippen molar-refractivity contribution in [3.8, 4) is 0 Å². The van der Waals surface area contributed by atoms with Crippen molar-refractivity contribution in [2.45, 2.75) is 18.8 Å². The van der Waals surface area contributed by atoms with Gasteiger partial charge in [-0.05, 0) is 30.5 Å². The molecule has 0 spiro atoms. The van der Waals surface area contributed by atoms with Gasteiger partial charge >= 0.3 is 0 Å². The molecule has 84 valence electrons. The van der Waals surface area contributed by atoms with E-state index in [-0.39, 0.29) is 5.78 Å². The highest BCUT2D eigenvalue weighted by atomic mass is 16.1. The first kappa shape index (κ1) is 10.2. The molecule has 2 nitrogen and oxygen atoms in total. The summed E-state index contributed by atoms with van der Waals surface area (Å²) in [5, 5.41) is 0. The van der Waals surface area contributed by atoms with Crippen LogP contribution in [0.15, 0.2) is 48.8 Å². The highest BCUT2D eigenvalue weighted by Crippen LogP contribution is 2.38. The fourth-order valence-corrected chi connectivity index (χ4v) is 2.58. The lowest BCUT2D eigenvalue weighted by Crippen LogP contribution is -2.29. The maximum atomic E-state index is 12.5. The SMILES string of the molecule is C[C@]1(c2cccnc2)Cc2ccccc2C1=O. The number of nitrogens with zero attached hydrogens (tertiary/aromatic N) is 1. The van der Waals surface area contributed by atoms with Gasteiger partial charge in [-0.3, -0.25) is 9.78 Å². The number of hydrogen-bond acceptors (Lipinski definition) is 2. The molecule has 0 radical (unpaired) electrons. The Morgan fingerprint density at radius 2 is 2.00 bits per heavy atom. The number of carbonyl (C=O) groups is 1. The quantitative estimate of drug-likeness (QED) is 0.744. The van der Waals surface area contributed by atoms with Gasteiger partial charge < -0.3 is 0 Å². The average molecular weight is 223 g/mol. The van der Waals surface area contributed by atoms with Gasteiger partial charge in [0.25, 0.3) is 0 Å². The van der Waals surface area contributed by atoms with Crippen molar-refractivity contribution in [2.75, 3.05) is 0 Å². The fourth-order valence-electron chi connectivity index (χ4n) is 2.58. The largest absolute Gasteiger partial charge is 0.293 e. The molecule has 0 unspecified atom stereocenters. The highest BCUT2D eigenvalue weighted by molar-refractivity contribution is 6.08. The number of rotatable bonds is 1. The lowest BCUT2D eigenvalue weighted by Gasteiger charge is -2.21. The summed E-state index contributed by atoms with van der Waals surface area (Å²) < 4.78 is 0. The molecule has 17 heavy (non-hydrogen) atoms. The summed E-state index contributed by atoms with van der Waals surface area (Å²) in [7, 11) is 0. The van der Waals surface area contributed by atoms with E-state index in [2.05, 4.69) is 4.98 Å². The van der Waals surface area contributed by atoms with E-state index in [1.54, 1.807) is 12.4 Å². The first-order chi connectivity index (χ1) is 8.22. The normalized spacial score (nSPS) is 22.5. The Bertz CT molecular complexity index is 576. The molecule has 0 amide bonds. The van der Waals surface area contributed by atoms with Crippen molar-refractivity contribution < 1.29 is 4.79 Å². The Morgan fingerprint density at radius 1 is 1.18 bits per heavy atom.